The fourth-order valence-corrected chi connectivity index (χ4v) is 1.73. The zero-order chi connectivity index (χ0) is 12.5. The fourth-order valence-electron chi connectivity index (χ4n) is 1.31. The Morgan fingerprint density at radius 1 is 1.38 bits per heavy atom. The van der Waals surface area contributed by atoms with Gasteiger partial charge in [-0.05, 0) is 32.9 Å². The van der Waals surface area contributed by atoms with Crippen molar-refractivity contribution in [2.75, 3.05) is 4.90 Å². The van der Waals surface area contributed by atoms with E-state index in [0.29, 0.717) is 0 Å². The van der Waals surface area contributed by atoms with Gasteiger partial charge in [0.1, 0.15) is 11.2 Å². The Morgan fingerprint density at radius 2 is 1.94 bits per heavy atom. The molecule has 1 rings (SSSR count). The van der Waals surface area contributed by atoms with Gasteiger partial charge in [-0.25, -0.2) is 4.98 Å². The first-order valence-electron chi connectivity index (χ1n) is 4.56. The van der Waals surface area contributed by atoms with Gasteiger partial charge in [0.15, 0.2) is 5.15 Å². The number of halogens is 2. The largest absolute Gasteiger partial charge is 0.530 e. The quantitative estimate of drug-likeness (QED) is 0.730. The summed E-state index contributed by atoms with van der Waals surface area (Å²) in [6.45, 7) is 5.19. The standard InChI is InChI=1S/C10H12Cl2N2O2/c1-10(2,3)14(9(15)16)6-4-5-7(11)13-8(6)12/h4-5H,1-3H3,(H,15,16)/p-1. The highest BCUT2D eigenvalue weighted by atomic mass is 35.5. The summed E-state index contributed by atoms with van der Waals surface area (Å²) in [5.41, 5.74) is -0.406. The molecule has 0 aromatic carbocycles. The number of carbonyl (C=O) groups is 1. The number of carboxylic acid groups (broad SMARTS) is 1. The molecule has 0 saturated heterocycles. The number of rotatable bonds is 1. The first-order valence-corrected chi connectivity index (χ1v) is 5.32. The third kappa shape index (κ3) is 2.77. The lowest BCUT2D eigenvalue weighted by molar-refractivity contribution is -0.247. The highest BCUT2D eigenvalue weighted by molar-refractivity contribution is 6.34. The minimum Gasteiger partial charge on any atom is -0.530 e. The van der Waals surface area contributed by atoms with Crippen LogP contribution in [0.2, 0.25) is 10.3 Å². The molecule has 1 aromatic rings. The van der Waals surface area contributed by atoms with E-state index >= 15 is 0 Å². The average molecular weight is 262 g/mol. The average Bonchev–Trinajstić information content (AvgIpc) is 2.06. The van der Waals surface area contributed by atoms with Gasteiger partial charge in [-0.2, -0.15) is 0 Å². The molecule has 4 nitrogen and oxygen atoms in total. The lowest BCUT2D eigenvalue weighted by Gasteiger charge is -2.37. The van der Waals surface area contributed by atoms with Crippen LogP contribution in [0, 0.1) is 0 Å². The van der Waals surface area contributed by atoms with E-state index in [1.54, 1.807) is 20.8 Å². The Morgan fingerprint density at radius 3 is 2.31 bits per heavy atom. The van der Waals surface area contributed by atoms with E-state index in [1.807, 2.05) is 0 Å². The molecule has 0 atom stereocenters. The lowest BCUT2D eigenvalue weighted by atomic mass is 10.1. The van der Waals surface area contributed by atoms with E-state index in [4.69, 9.17) is 23.2 Å². The maximum absolute atomic E-state index is 11.1. The molecular formula is C10H11Cl2N2O2-. The van der Waals surface area contributed by atoms with Gasteiger partial charge in [0, 0.05) is 5.54 Å². The van der Waals surface area contributed by atoms with Crippen LogP contribution in [0.15, 0.2) is 12.1 Å². The van der Waals surface area contributed by atoms with Crippen molar-refractivity contribution in [1.29, 1.82) is 0 Å². The van der Waals surface area contributed by atoms with Crippen LogP contribution in [0.4, 0.5) is 10.5 Å². The van der Waals surface area contributed by atoms with Crippen molar-refractivity contribution in [2.45, 2.75) is 26.3 Å². The molecule has 1 amide bonds. The number of aromatic nitrogens is 1. The van der Waals surface area contributed by atoms with Gasteiger partial charge in [0.25, 0.3) is 0 Å². The first-order chi connectivity index (χ1) is 7.23. The second-order valence-electron chi connectivity index (χ2n) is 4.22. The maximum Gasteiger partial charge on any atom is 0.154 e. The number of carbonyl (C=O) groups excluding carboxylic acids is 1. The second-order valence-corrected chi connectivity index (χ2v) is 4.96. The normalized spacial score (nSPS) is 11.3. The van der Waals surface area contributed by atoms with Crippen molar-refractivity contribution in [1.82, 2.24) is 4.98 Å². The summed E-state index contributed by atoms with van der Waals surface area (Å²) < 4.78 is 0. The highest BCUT2D eigenvalue weighted by Gasteiger charge is 2.25. The van der Waals surface area contributed by atoms with Gasteiger partial charge in [-0.1, -0.05) is 23.2 Å². The Kier molecular flexibility index (Phi) is 3.65. The van der Waals surface area contributed by atoms with Crippen LogP contribution in [0.1, 0.15) is 20.8 Å². The van der Waals surface area contributed by atoms with E-state index in [0.717, 1.165) is 4.90 Å². The number of pyridine rings is 1. The van der Waals surface area contributed by atoms with E-state index < -0.39 is 11.6 Å². The topological polar surface area (TPSA) is 56.3 Å². The van der Waals surface area contributed by atoms with Crippen LogP contribution in [-0.2, 0) is 0 Å². The van der Waals surface area contributed by atoms with Crippen molar-refractivity contribution in [3.05, 3.63) is 22.4 Å². The lowest BCUT2D eigenvalue weighted by Crippen LogP contribution is -2.52. The molecule has 0 aliphatic heterocycles. The van der Waals surface area contributed by atoms with Crippen molar-refractivity contribution < 1.29 is 9.90 Å². The predicted molar refractivity (Wildman–Crippen MR) is 61.9 cm³/mol. The summed E-state index contributed by atoms with van der Waals surface area (Å²) in [4.78, 5) is 15.9. The fraction of sp³-hybridized carbons (Fsp3) is 0.400. The molecule has 0 fully saturated rings. The van der Waals surface area contributed by atoms with Gasteiger partial charge in [-0.15, -0.1) is 0 Å². The molecule has 0 N–H and O–H groups in total. The Balaban J connectivity index is 3.28. The molecule has 1 aromatic heterocycles. The van der Waals surface area contributed by atoms with Crippen LogP contribution >= 0.6 is 23.2 Å². The monoisotopic (exact) mass is 261 g/mol. The van der Waals surface area contributed by atoms with Crippen molar-refractivity contribution >= 4 is 35.0 Å². The third-order valence-corrected chi connectivity index (χ3v) is 2.38. The SMILES string of the molecule is CC(C)(C)N(C(=O)[O-])c1ccc(Cl)nc1Cl. The minimum absolute atomic E-state index is 0.0339. The Labute approximate surface area is 104 Å². The summed E-state index contributed by atoms with van der Waals surface area (Å²) in [6, 6.07) is 2.98. The highest BCUT2D eigenvalue weighted by Crippen LogP contribution is 2.30. The third-order valence-electron chi connectivity index (χ3n) is 1.89. The molecule has 0 bridgehead atoms. The molecule has 0 spiro atoms. The molecule has 0 radical (unpaired) electrons. The number of hydrogen-bond donors (Lipinski definition) is 0. The number of amides is 1. The summed E-state index contributed by atoms with van der Waals surface area (Å²) >= 11 is 11.5. The summed E-state index contributed by atoms with van der Waals surface area (Å²) in [5.74, 6) is 0. The number of anilines is 1. The molecule has 0 aliphatic carbocycles. The zero-order valence-electron chi connectivity index (χ0n) is 9.12. The van der Waals surface area contributed by atoms with Crippen LogP contribution in [0.25, 0.3) is 0 Å². The summed E-state index contributed by atoms with van der Waals surface area (Å²) in [6.07, 6.45) is -1.33. The Hall–Kier alpha value is -1.00. The first kappa shape index (κ1) is 13.1. The molecule has 0 saturated carbocycles. The van der Waals surface area contributed by atoms with E-state index in [-0.39, 0.29) is 16.0 Å². The smallest absolute Gasteiger partial charge is 0.154 e. The van der Waals surface area contributed by atoms with Gasteiger partial charge < -0.3 is 14.8 Å². The van der Waals surface area contributed by atoms with Crippen molar-refractivity contribution in [2.24, 2.45) is 0 Å². The zero-order valence-corrected chi connectivity index (χ0v) is 10.6. The van der Waals surface area contributed by atoms with Gasteiger partial charge >= 0.3 is 0 Å². The molecule has 16 heavy (non-hydrogen) atoms. The van der Waals surface area contributed by atoms with Crippen molar-refractivity contribution in [3.8, 4) is 0 Å². The minimum atomic E-state index is -1.33. The van der Waals surface area contributed by atoms with Gasteiger partial charge in [0.05, 0.1) is 5.69 Å². The van der Waals surface area contributed by atoms with Crippen molar-refractivity contribution in [3.63, 3.8) is 0 Å². The molecular weight excluding hydrogens is 251 g/mol. The number of nitrogens with zero attached hydrogens (tertiary/aromatic N) is 2. The molecule has 6 heteroatoms. The summed E-state index contributed by atoms with van der Waals surface area (Å²) in [7, 11) is 0. The molecule has 1 heterocycles. The van der Waals surface area contributed by atoms with Gasteiger partial charge in [0.2, 0.25) is 0 Å². The molecule has 0 unspecified atom stereocenters. The van der Waals surface area contributed by atoms with Crippen LogP contribution < -0.4 is 10.0 Å². The summed E-state index contributed by atoms with van der Waals surface area (Å²) in [5, 5.41) is 11.3. The molecule has 0 aliphatic rings. The second kappa shape index (κ2) is 4.47. The number of hydrogen-bond acceptors (Lipinski definition) is 3. The van der Waals surface area contributed by atoms with Gasteiger partial charge in [-0.3, -0.25) is 0 Å². The van der Waals surface area contributed by atoms with E-state index in [2.05, 4.69) is 4.98 Å². The Bertz CT molecular complexity index is 416. The van der Waals surface area contributed by atoms with Crippen LogP contribution in [0.3, 0.4) is 0 Å². The van der Waals surface area contributed by atoms with E-state index in [1.165, 1.54) is 12.1 Å². The van der Waals surface area contributed by atoms with E-state index in [9.17, 15) is 9.90 Å². The van der Waals surface area contributed by atoms with Crippen LogP contribution in [-0.4, -0.2) is 16.6 Å². The molecule has 88 valence electrons. The van der Waals surface area contributed by atoms with Crippen LogP contribution in [0.5, 0.6) is 0 Å². The maximum atomic E-state index is 11.1. The predicted octanol–water partition coefficient (Wildman–Crippen LogP) is 2.34.